The number of guanidine groups is 1. The zero-order valence-electron chi connectivity index (χ0n) is 18.5. The molecule has 0 radical (unpaired) electrons. The minimum absolute atomic E-state index is 0.00714. The maximum absolute atomic E-state index is 12.5. The normalized spacial score (nSPS) is 13.4. The van der Waals surface area contributed by atoms with E-state index in [-0.39, 0.29) is 25.8 Å². The average molecular weight is 450 g/mol. The van der Waals surface area contributed by atoms with Gasteiger partial charge in [-0.3, -0.25) is 9.79 Å². The molecule has 0 aliphatic carbocycles. The quantitative estimate of drug-likeness (QED) is 0.0954. The Bertz CT molecular complexity index is 580. The molecule has 0 aliphatic rings. The molecule has 0 aromatic heterocycles. The van der Waals surface area contributed by atoms with Crippen LogP contribution < -0.4 is 11.5 Å². The first kappa shape index (κ1) is 28.4. The van der Waals surface area contributed by atoms with Crippen molar-refractivity contribution in [3.63, 3.8) is 0 Å². The third-order valence-electron chi connectivity index (χ3n) is 3.75. The van der Waals surface area contributed by atoms with Crippen LogP contribution in [-0.4, -0.2) is 81.5 Å². The number of esters is 2. The molecule has 0 aromatic rings. The first-order chi connectivity index (χ1) is 14.6. The van der Waals surface area contributed by atoms with Crippen LogP contribution in [0.4, 0.5) is 4.79 Å². The predicted molar refractivity (Wildman–Crippen MR) is 110 cm³/mol. The fourth-order valence-electron chi connectivity index (χ4n) is 1.96. The summed E-state index contributed by atoms with van der Waals surface area (Å²) in [6, 6.07) is 0. The van der Waals surface area contributed by atoms with Crippen molar-refractivity contribution < 1.29 is 43.2 Å². The van der Waals surface area contributed by atoms with Gasteiger partial charge in [0.1, 0.15) is 31.3 Å². The molecule has 0 aliphatic heterocycles. The Hall–Kier alpha value is -2.60. The van der Waals surface area contributed by atoms with Crippen molar-refractivity contribution in [1.82, 2.24) is 0 Å². The van der Waals surface area contributed by atoms with E-state index in [0.29, 0.717) is 26.0 Å². The topological polar surface area (TPSA) is 182 Å². The van der Waals surface area contributed by atoms with Crippen molar-refractivity contribution >= 4 is 24.1 Å². The Labute approximate surface area is 182 Å². The number of hydrogen-bond acceptors (Lipinski definition) is 10. The standard InChI is InChI=1S/C19H35N3O9/c1-4-8-27-10-11-29-18(26)31-13-19(3,12-30-15(24)14(2)23)16(25)28-9-6-5-7-22-17(20)21/h14,23H,4-13H2,1-3H3,(H4,20,21,22)/t14-,19?/m1/s1. The van der Waals surface area contributed by atoms with Gasteiger partial charge < -0.3 is 40.3 Å². The monoisotopic (exact) mass is 449 g/mol. The molecule has 0 saturated heterocycles. The molecule has 0 amide bonds. The summed E-state index contributed by atoms with van der Waals surface area (Å²) in [6.45, 7) is 4.87. The Kier molecular flexibility index (Phi) is 14.8. The number of aliphatic hydroxyl groups excluding tert-OH is 1. The maximum atomic E-state index is 12.5. The summed E-state index contributed by atoms with van der Waals surface area (Å²) in [5.74, 6) is -1.69. The highest BCUT2D eigenvalue weighted by Crippen LogP contribution is 2.21. The Balaban J connectivity index is 4.66. The third-order valence-corrected chi connectivity index (χ3v) is 3.75. The van der Waals surface area contributed by atoms with E-state index in [0.717, 1.165) is 6.42 Å². The van der Waals surface area contributed by atoms with E-state index in [1.807, 2.05) is 6.92 Å². The Morgan fingerprint density at radius 2 is 1.65 bits per heavy atom. The van der Waals surface area contributed by atoms with Crippen LogP contribution >= 0.6 is 0 Å². The van der Waals surface area contributed by atoms with Crippen LogP contribution in [0.3, 0.4) is 0 Å². The molecule has 1 unspecified atom stereocenters. The van der Waals surface area contributed by atoms with Crippen molar-refractivity contribution in [2.75, 3.05) is 46.2 Å². The summed E-state index contributed by atoms with van der Waals surface area (Å²) in [7, 11) is 0. The number of rotatable bonds is 16. The van der Waals surface area contributed by atoms with Crippen LogP contribution in [0.25, 0.3) is 0 Å². The molecule has 31 heavy (non-hydrogen) atoms. The van der Waals surface area contributed by atoms with Gasteiger partial charge in [-0.15, -0.1) is 0 Å². The molecule has 12 heteroatoms. The first-order valence-electron chi connectivity index (χ1n) is 10.1. The number of carbonyl (C=O) groups excluding carboxylic acids is 3. The van der Waals surface area contributed by atoms with E-state index in [2.05, 4.69) is 4.99 Å². The molecule has 0 spiro atoms. The molecule has 0 bridgehead atoms. The van der Waals surface area contributed by atoms with E-state index >= 15 is 0 Å². The molecule has 2 atom stereocenters. The maximum Gasteiger partial charge on any atom is 0.508 e. The zero-order valence-corrected chi connectivity index (χ0v) is 18.5. The fourth-order valence-corrected chi connectivity index (χ4v) is 1.96. The molecular formula is C19H35N3O9. The zero-order chi connectivity index (χ0) is 23.7. The molecule has 0 aromatic carbocycles. The lowest BCUT2D eigenvalue weighted by Gasteiger charge is -2.26. The van der Waals surface area contributed by atoms with Crippen LogP contribution in [0.5, 0.6) is 0 Å². The minimum Gasteiger partial charge on any atom is -0.465 e. The molecule has 0 saturated carbocycles. The second-order valence-corrected chi connectivity index (χ2v) is 6.99. The van der Waals surface area contributed by atoms with Crippen LogP contribution in [0, 0.1) is 5.41 Å². The number of aliphatic hydroxyl groups is 1. The number of carbonyl (C=O) groups is 3. The highest BCUT2D eigenvalue weighted by molar-refractivity contribution is 5.78. The highest BCUT2D eigenvalue weighted by atomic mass is 16.7. The van der Waals surface area contributed by atoms with Crippen LogP contribution in [0.1, 0.15) is 40.0 Å². The molecule has 0 heterocycles. The van der Waals surface area contributed by atoms with Crippen molar-refractivity contribution in [3.05, 3.63) is 0 Å². The molecule has 5 N–H and O–H groups in total. The van der Waals surface area contributed by atoms with Crippen molar-refractivity contribution in [2.45, 2.75) is 46.1 Å². The number of unbranched alkanes of at least 4 members (excludes halogenated alkanes) is 1. The minimum atomic E-state index is -1.50. The van der Waals surface area contributed by atoms with Gasteiger partial charge in [0.25, 0.3) is 0 Å². The van der Waals surface area contributed by atoms with Crippen molar-refractivity contribution in [3.8, 4) is 0 Å². The third kappa shape index (κ3) is 14.1. The molecule has 12 nitrogen and oxygen atoms in total. The predicted octanol–water partition coefficient (Wildman–Crippen LogP) is 0.0933. The summed E-state index contributed by atoms with van der Waals surface area (Å²) in [6.07, 6.45) is -0.457. The van der Waals surface area contributed by atoms with Gasteiger partial charge >= 0.3 is 18.1 Å². The first-order valence-corrected chi connectivity index (χ1v) is 10.1. The molecular weight excluding hydrogens is 414 g/mol. The lowest BCUT2D eigenvalue weighted by atomic mass is 9.93. The number of ether oxygens (including phenoxy) is 5. The molecule has 0 fully saturated rings. The van der Waals surface area contributed by atoms with E-state index < -0.39 is 42.8 Å². The van der Waals surface area contributed by atoms with Crippen molar-refractivity contribution in [2.24, 2.45) is 21.9 Å². The van der Waals surface area contributed by atoms with E-state index in [9.17, 15) is 19.5 Å². The molecule has 0 rings (SSSR count). The van der Waals surface area contributed by atoms with Gasteiger partial charge in [-0.25, -0.2) is 9.59 Å². The van der Waals surface area contributed by atoms with Gasteiger partial charge in [0.05, 0.1) is 13.2 Å². The van der Waals surface area contributed by atoms with E-state index in [4.69, 9.17) is 35.2 Å². The van der Waals surface area contributed by atoms with Gasteiger partial charge in [-0.1, -0.05) is 6.92 Å². The lowest BCUT2D eigenvalue weighted by molar-refractivity contribution is -0.169. The molecule has 180 valence electrons. The highest BCUT2D eigenvalue weighted by Gasteiger charge is 2.39. The van der Waals surface area contributed by atoms with Gasteiger partial charge in [0.15, 0.2) is 5.96 Å². The summed E-state index contributed by atoms with van der Waals surface area (Å²) < 4.78 is 25.2. The van der Waals surface area contributed by atoms with Crippen LogP contribution in [-0.2, 0) is 33.3 Å². The number of aliphatic imine (C=N–C) groups is 1. The summed E-state index contributed by atoms with van der Waals surface area (Å²) in [5.41, 5.74) is 8.95. The van der Waals surface area contributed by atoms with E-state index in [1.54, 1.807) is 0 Å². The number of nitrogens with zero attached hydrogens (tertiary/aromatic N) is 1. The second-order valence-electron chi connectivity index (χ2n) is 6.99. The Morgan fingerprint density at radius 3 is 2.26 bits per heavy atom. The average Bonchev–Trinajstić information content (AvgIpc) is 2.72. The smallest absolute Gasteiger partial charge is 0.465 e. The summed E-state index contributed by atoms with van der Waals surface area (Å²) >= 11 is 0. The summed E-state index contributed by atoms with van der Waals surface area (Å²) in [4.78, 5) is 39.7. The Morgan fingerprint density at radius 1 is 0.968 bits per heavy atom. The van der Waals surface area contributed by atoms with Crippen molar-refractivity contribution in [1.29, 1.82) is 0 Å². The summed E-state index contributed by atoms with van der Waals surface area (Å²) in [5, 5.41) is 9.26. The van der Waals surface area contributed by atoms with Crippen LogP contribution in [0.15, 0.2) is 4.99 Å². The van der Waals surface area contributed by atoms with E-state index in [1.165, 1.54) is 13.8 Å². The van der Waals surface area contributed by atoms with Gasteiger partial charge in [0, 0.05) is 13.2 Å². The lowest BCUT2D eigenvalue weighted by Crippen LogP contribution is -2.41. The largest absolute Gasteiger partial charge is 0.508 e. The number of hydrogen-bond donors (Lipinski definition) is 3. The van der Waals surface area contributed by atoms with Crippen LogP contribution in [0.2, 0.25) is 0 Å². The van der Waals surface area contributed by atoms with Gasteiger partial charge in [-0.05, 0) is 33.1 Å². The number of nitrogens with two attached hydrogens (primary N) is 2. The second kappa shape index (κ2) is 16.1. The van der Waals surface area contributed by atoms with Gasteiger partial charge in [0.2, 0.25) is 0 Å². The van der Waals surface area contributed by atoms with Gasteiger partial charge in [-0.2, -0.15) is 0 Å². The fraction of sp³-hybridized carbons (Fsp3) is 0.789. The SMILES string of the molecule is CCCOCCOC(=O)OCC(C)(COC(=O)[C@@H](C)O)C(=O)OCCCCN=C(N)N.